The minimum Gasteiger partial charge on any atom is -0.467 e. The largest absolute Gasteiger partial charge is 0.467 e. The predicted molar refractivity (Wildman–Crippen MR) is 137 cm³/mol. The van der Waals surface area contributed by atoms with Crippen LogP contribution in [0.5, 0.6) is 0 Å². The van der Waals surface area contributed by atoms with Gasteiger partial charge in [0.2, 0.25) is 10.0 Å². The molecule has 0 spiro atoms. The summed E-state index contributed by atoms with van der Waals surface area (Å²) in [5, 5.41) is 6.01. The first-order valence-corrected chi connectivity index (χ1v) is 13.6. The van der Waals surface area contributed by atoms with Gasteiger partial charge < -0.3 is 13.6 Å². The number of carbonyl (C=O) groups is 2. The molecule has 1 amide bonds. The van der Waals surface area contributed by atoms with Crippen molar-refractivity contribution in [2.45, 2.75) is 30.2 Å². The zero-order chi connectivity index (χ0) is 26.9. The summed E-state index contributed by atoms with van der Waals surface area (Å²) in [7, 11) is -0.933. The summed E-state index contributed by atoms with van der Waals surface area (Å²) in [6.07, 6.45) is 7.61. The third-order valence-electron chi connectivity index (χ3n) is 6.63. The van der Waals surface area contributed by atoms with E-state index in [-0.39, 0.29) is 16.4 Å². The highest BCUT2D eigenvalue weighted by Crippen LogP contribution is 2.44. The lowest BCUT2D eigenvalue weighted by atomic mass is 9.79. The van der Waals surface area contributed by atoms with Crippen LogP contribution in [0.15, 0.2) is 85.5 Å². The van der Waals surface area contributed by atoms with Gasteiger partial charge in [0, 0.05) is 20.0 Å². The van der Waals surface area contributed by atoms with Crippen LogP contribution in [0, 0.1) is 5.92 Å². The van der Waals surface area contributed by atoms with E-state index >= 15 is 0 Å². The molecule has 2 aromatic heterocycles. The maximum absolute atomic E-state index is 13.3. The van der Waals surface area contributed by atoms with E-state index in [9.17, 15) is 18.0 Å². The van der Waals surface area contributed by atoms with E-state index in [0.717, 1.165) is 34.9 Å². The van der Waals surface area contributed by atoms with Gasteiger partial charge in [0.1, 0.15) is 17.6 Å². The molecule has 198 valence electrons. The molecule has 5 rings (SSSR count). The highest BCUT2D eigenvalue weighted by Gasteiger charge is 2.45. The maximum atomic E-state index is 13.3. The Bertz CT molecular complexity index is 1490. The fraction of sp³-hybridized carbons (Fsp3) is 0.296. The number of benzene rings is 1. The second kappa shape index (κ2) is 10.4. The smallest absolute Gasteiger partial charge is 0.338 e. The summed E-state index contributed by atoms with van der Waals surface area (Å²) < 4.78 is 42.3. The zero-order valence-electron chi connectivity index (χ0n) is 20.9. The Morgan fingerprint density at radius 3 is 2.63 bits per heavy atom. The summed E-state index contributed by atoms with van der Waals surface area (Å²) in [6, 6.07) is 12.3. The number of hydrogen-bond acceptors (Lipinski definition) is 8. The monoisotopic (exact) mass is 537 g/mol. The molecule has 0 saturated heterocycles. The third kappa shape index (κ3) is 4.94. The molecule has 11 heteroatoms. The number of hydrogen-bond donors (Lipinski definition) is 0. The molecule has 0 radical (unpaired) electrons. The van der Waals surface area contributed by atoms with Crippen LogP contribution < -0.4 is 0 Å². The number of sulfonamides is 1. The van der Waals surface area contributed by atoms with Crippen molar-refractivity contribution in [3.8, 4) is 0 Å². The van der Waals surface area contributed by atoms with Crippen molar-refractivity contribution in [2.75, 3.05) is 20.7 Å². The summed E-state index contributed by atoms with van der Waals surface area (Å²) in [5.41, 5.74) is 1.79. The van der Waals surface area contributed by atoms with Crippen molar-refractivity contribution < 1.29 is 31.6 Å². The number of fused-ring (bicyclic) bond motifs is 1. The Morgan fingerprint density at radius 1 is 1.13 bits per heavy atom. The molecule has 10 nitrogen and oxygen atoms in total. The molecule has 1 aliphatic carbocycles. The molecule has 0 N–H and O–H groups in total. The van der Waals surface area contributed by atoms with E-state index in [0.29, 0.717) is 11.5 Å². The van der Waals surface area contributed by atoms with Crippen LogP contribution in [0.4, 0.5) is 0 Å². The highest BCUT2D eigenvalue weighted by molar-refractivity contribution is 7.89. The number of ether oxygens (including phenoxy) is 1. The first-order chi connectivity index (χ1) is 18.3. The summed E-state index contributed by atoms with van der Waals surface area (Å²) in [5.74, 6) is -0.115. The van der Waals surface area contributed by atoms with E-state index in [4.69, 9.17) is 13.6 Å². The van der Waals surface area contributed by atoms with Crippen LogP contribution in [0.2, 0.25) is 0 Å². The van der Waals surface area contributed by atoms with Gasteiger partial charge in [-0.2, -0.15) is 5.10 Å². The molecule has 1 fully saturated rings. The van der Waals surface area contributed by atoms with Gasteiger partial charge >= 0.3 is 5.97 Å². The molecule has 38 heavy (non-hydrogen) atoms. The average molecular weight is 538 g/mol. The Morgan fingerprint density at radius 2 is 1.92 bits per heavy atom. The van der Waals surface area contributed by atoms with Crippen LogP contribution in [0.25, 0.3) is 6.08 Å². The van der Waals surface area contributed by atoms with Gasteiger partial charge in [-0.3, -0.25) is 4.79 Å². The van der Waals surface area contributed by atoms with Crippen LogP contribution in [0.1, 0.15) is 47.2 Å². The lowest BCUT2D eigenvalue weighted by Gasteiger charge is -2.27. The Hall–Kier alpha value is -3.96. The number of furan rings is 2. The lowest BCUT2D eigenvalue weighted by Crippen LogP contribution is -2.34. The second-order valence-electron chi connectivity index (χ2n) is 9.26. The van der Waals surface area contributed by atoms with Crippen LogP contribution in [-0.4, -0.2) is 56.0 Å². The second-order valence-corrected chi connectivity index (χ2v) is 11.4. The first kappa shape index (κ1) is 25.7. The van der Waals surface area contributed by atoms with E-state index in [1.807, 2.05) is 18.2 Å². The molecule has 3 aromatic rings. The Labute approximate surface area is 220 Å². The summed E-state index contributed by atoms with van der Waals surface area (Å²) >= 11 is 0. The zero-order valence-corrected chi connectivity index (χ0v) is 21.8. The van der Waals surface area contributed by atoms with Crippen molar-refractivity contribution >= 4 is 33.7 Å². The minimum atomic E-state index is -3.74. The fourth-order valence-electron chi connectivity index (χ4n) is 4.76. The molecule has 1 saturated carbocycles. The van der Waals surface area contributed by atoms with E-state index in [1.54, 1.807) is 24.7 Å². The number of rotatable bonds is 7. The third-order valence-corrected chi connectivity index (χ3v) is 8.44. The molecule has 2 atom stereocenters. The van der Waals surface area contributed by atoms with Gasteiger partial charge in [0.05, 0.1) is 28.7 Å². The van der Waals surface area contributed by atoms with Crippen molar-refractivity contribution in [3.05, 3.63) is 83.7 Å². The molecule has 2 aliphatic rings. The number of hydrazone groups is 1. The number of carbonyl (C=O) groups excluding carboxylic acids is 2. The Kier molecular flexibility index (Phi) is 7.04. The van der Waals surface area contributed by atoms with E-state index in [1.165, 1.54) is 43.4 Å². The van der Waals surface area contributed by atoms with E-state index < -0.39 is 34.5 Å². The Balaban J connectivity index is 1.37. The number of nitrogens with zero attached hydrogens (tertiary/aromatic N) is 3. The van der Waals surface area contributed by atoms with Crippen LogP contribution >= 0.6 is 0 Å². The van der Waals surface area contributed by atoms with Crippen LogP contribution in [-0.2, 0) is 19.6 Å². The molecular weight excluding hydrogens is 510 g/mol. The van der Waals surface area contributed by atoms with Crippen molar-refractivity contribution in [3.63, 3.8) is 0 Å². The maximum Gasteiger partial charge on any atom is 0.338 e. The van der Waals surface area contributed by atoms with Crippen molar-refractivity contribution in [2.24, 2.45) is 11.0 Å². The predicted octanol–water partition coefficient (Wildman–Crippen LogP) is 4.10. The van der Waals surface area contributed by atoms with Gasteiger partial charge in [0.25, 0.3) is 5.91 Å². The highest BCUT2D eigenvalue weighted by atomic mass is 32.2. The first-order valence-electron chi connectivity index (χ1n) is 12.1. The molecule has 3 heterocycles. The molecule has 0 bridgehead atoms. The standard InChI is InChI=1S/C27H27N3O7S/c1-29(2)38(33,34)21-10-3-8-19(16-21)27(32)37-17-24(31)30-26(23-12-6-14-36-23)22-11-4-7-18(25(22)28-30)15-20-9-5-13-35-20/h3,5-6,8-10,12-16,22,26H,4,7,11,17H2,1-2H3. The quantitative estimate of drug-likeness (QED) is 0.416. The fourth-order valence-corrected chi connectivity index (χ4v) is 5.71. The molecular formula is C27H27N3O7S. The van der Waals surface area contributed by atoms with Gasteiger partial charge in [0.15, 0.2) is 6.61 Å². The summed E-state index contributed by atoms with van der Waals surface area (Å²) in [6.45, 7) is -0.568. The van der Waals surface area contributed by atoms with Crippen molar-refractivity contribution in [1.29, 1.82) is 0 Å². The van der Waals surface area contributed by atoms with Gasteiger partial charge in [-0.15, -0.1) is 0 Å². The van der Waals surface area contributed by atoms with Crippen molar-refractivity contribution in [1.82, 2.24) is 9.31 Å². The minimum absolute atomic E-state index is 0.0217. The lowest BCUT2D eigenvalue weighted by molar-refractivity contribution is -0.137. The topological polar surface area (TPSA) is 123 Å². The van der Waals surface area contributed by atoms with Crippen LogP contribution in [0.3, 0.4) is 0 Å². The number of esters is 1. The normalized spacial score (nSPS) is 20.4. The number of allylic oxidation sites excluding steroid dienone is 1. The number of amides is 1. The average Bonchev–Trinajstić information content (AvgIpc) is 3.68. The van der Waals surface area contributed by atoms with Gasteiger partial charge in [-0.25, -0.2) is 22.5 Å². The molecule has 2 unspecified atom stereocenters. The van der Waals surface area contributed by atoms with Gasteiger partial charge in [-0.1, -0.05) is 6.07 Å². The SMILES string of the molecule is CN(C)S(=O)(=O)c1cccc(C(=O)OCC(=O)N2N=C3C(=Cc4ccco4)CCCC3C2c2ccco2)c1. The molecule has 1 aliphatic heterocycles. The van der Waals surface area contributed by atoms with Gasteiger partial charge in [-0.05, 0) is 73.4 Å². The molecule has 1 aromatic carbocycles. The van der Waals surface area contributed by atoms with E-state index in [2.05, 4.69) is 5.10 Å². The summed E-state index contributed by atoms with van der Waals surface area (Å²) in [4.78, 5) is 26.0.